The second kappa shape index (κ2) is 15.0. The molecule has 1 amide bonds. The van der Waals surface area contributed by atoms with E-state index in [1.54, 1.807) is 18.5 Å². The van der Waals surface area contributed by atoms with Gasteiger partial charge in [-0.05, 0) is 77.6 Å². The Hall–Kier alpha value is -4.99. The van der Waals surface area contributed by atoms with Gasteiger partial charge in [0.15, 0.2) is 0 Å². The van der Waals surface area contributed by atoms with Crippen molar-refractivity contribution in [2.45, 2.75) is 37.7 Å². The average molecular weight is 753 g/mol. The van der Waals surface area contributed by atoms with Gasteiger partial charge in [-0.25, -0.2) is 18.2 Å². The van der Waals surface area contributed by atoms with Crippen molar-refractivity contribution < 1.29 is 41.0 Å². The van der Waals surface area contributed by atoms with Crippen LogP contribution in [-0.2, 0) is 12.2 Å². The number of alkyl halides is 4. The normalized spacial score (nSPS) is 18.4. The molecule has 1 saturated carbocycles. The number of rotatable bonds is 11. The number of halogens is 6. The highest BCUT2D eigenvalue weighted by Gasteiger charge is 2.46. The number of allylic oxidation sites excluding steroid dienone is 4. The summed E-state index contributed by atoms with van der Waals surface area (Å²) in [6, 6.07) is 9.61. The third-order valence-electron chi connectivity index (χ3n) is 9.88. The smallest absolute Gasteiger partial charge is 0.401 e. The molecule has 4 aromatic rings. The summed E-state index contributed by atoms with van der Waals surface area (Å²) in [4.78, 5) is 30.5. The van der Waals surface area contributed by atoms with Crippen LogP contribution in [0, 0.1) is 5.82 Å². The molecular weight excluding hydrogens is 714 g/mol. The lowest BCUT2D eigenvalue weighted by Gasteiger charge is -2.34. The second-order valence-electron chi connectivity index (χ2n) is 13.8. The van der Waals surface area contributed by atoms with Gasteiger partial charge in [0.1, 0.15) is 40.9 Å². The lowest BCUT2D eigenvalue weighted by molar-refractivity contribution is -0.149. The number of benzene rings is 1. The van der Waals surface area contributed by atoms with Crippen LogP contribution in [0.25, 0.3) is 28.0 Å². The topological polar surface area (TPSA) is 97.8 Å². The SMILES string of the molecule is C=C(/C=C(F)\C=C(/CCO)N1CCOc2cc(C3(F)CC3)cc(F)c2C1=O)c1ccnc2[nH]c(-c3ccc(CN4CCN(CC(F)(F)F)CC4)cn3)cc12. The number of aromatic amines is 1. The van der Waals surface area contributed by atoms with Gasteiger partial charge in [-0.2, -0.15) is 13.2 Å². The Morgan fingerprint density at radius 2 is 1.80 bits per heavy atom. The van der Waals surface area contributed by atoms with Crippen LogP contribution < -0.4 is 4.74 Å². The summed E-state index contributed by atoms with van der Waals surface area (Å²) < 4.78 is 89.5. The summed E-state index contributed by atoms with van der Waals surface area (Å²) in [5, 5.41) is 10.4. The fraction of sp³-hybridized carbons (Fsp3) is 0.359. The van der Waals surface area contributed by atoms with E-state index in [2.05, 4.69) is 26.4 Å². The standard InChI is InChI=1S/C39H38F6N6O3/c1-24(16-27(40)19-28(5-14-52)51-13-15-54-34-18-26(38(42)6-7-38)17-31(41)35(34)37(51)53)29-4-8-46-36-30(29)20-33(48-36)32-3-2-25(21-47-32)22-49-9-11-50(12-10-49)23-39(43,44)45/h2-4,8,16-21,52H,1,5-7,9-15,22-23H2,(H,46,48)/b27-16+,28-19+. The molecule has 0 radical (unpaired) electrons. The molecule has 1 aromatic carbocycles. The predicted octanol–water partition coefficient (Wildman–Crippen LogP) is 7.07. The number of carbonyl (C=O) groups is 1. The fourth-order valence-corrected chi connectivity index (χ4v) is 6.90. The zero-order valence-electron chi connectivity index (χ0n) is 29.2. The molecule has 15 heteroatoms. The molecule has 2 N–H and O–H groups in total. The van der Waals surface area contributed by atoms with Gasteiger partial charge in [0.2, 0.25) is 0 Å². The number of fused-ring (bicyclic) bond motifs is 2. The number of aliphatic hydroxyl groups is 1. The number of carbonyl (C=O) groups excluding carboxylic acids is 1. The minimum Gasteiger partial charge on any atom is -0.491 e. The van der Waals surface area contributed by atoms with Crippen molar-refractivity contribution in [1.82, 2.24) is 29.7 Å². The number of piperazine rings is 1. The third-order valence-corrected chi connectivity index (χ3v) is 9.88. The Morgan fingerprint density at radius 1 is 1.04 bits per heavy atom. The second-order valence-corrected chi connectivity index (χ2v) is 13.8. The van der Waals surface area contributed by atoms with E-state index in [9.17, 15) is 27.5 Å². The largest absolute Gasteiger partial charge is 0.491 e. The minimum absolute atomic E-state index is 0.0579. The number of amides is 1. The first-order valence-electron chi connectivity index (χ1n) is 17.6. The molecule has 2 fully saturated rings. The van der Waals surface area contributed by atoms with E-state index >= 15 is 8.78 Å². The van der Waals surface area contributed by atoms with Crippen molar-refractivity contribution >= 4 is 22.5 Å². The van der Waals surface area contributed by atoms with Crippen molar-refractivity contribution in [3.63, 3.8) is 0 Å². The molecule has 0 atom stereocenters. The van der Waals surface area contributed by atoms with Gasteiger partial charge in [-0.3, -0.25) is 19.6 Å². The highest BCUT2D eigenvalue weighted by molar-refractivity contribution is 5.99. The van der Waals surface area contributed by atoms with Crippen molar-refractivity contribution in [2.75, 3.05) is 52.5 Å². The number of ether oxygens (including phenoxy) is 1. The van der Waals surface area contributed by atoms with Crippen molar-refractivity contribution in [3.8, 4) is 17.1 Å². The van der Waals surface area contributed by atoms with Crippen LogP contribution in [0.3, 0.4) is 0 Å². The zero-order valence-corrected chi connectivity index (χ0v) is 29.2. The lowest BCUT2D eigenvalue weighted by Crippen LogP contribution is -2.48. The number of H-pyrrole nitrogens is 1. The lowest BCUT2D eigenvalue weighted by atomic mass is 10.0. The number of nitrogens with zero attached hydrogens (tertiary/aromatic N) is 5. The summed E-state index contributed by atoms with van der Waals surface area (Å²) in [5.74, 6) is -2.58. The molecule has 1 saturated heterocycles. The Kier molecular flexibility index (Phi) is 10.4. The van der Waals surface area contributed by atoms with Gasteiger partial charge in [-0.1, -0.05) is 12.6 Å². The maximum absolute atomic E-state index is 15.7. The first-order valence-corrected chi connectivity index (χ1v) is 17.6. The van der Waals surface area contributed by atoms with E-state index in [-0.39, 0.29) is 55.0 Å². The summed E-state index contributed by atoms with van der Waals surface area (Å²) in [7, 11) is 0. The van der Waals surface area contributed by atoms with Crippen molar-refractivity contribution in [1.29, 1.82) is 0 Å². The van der Waals surface area contributed by atoms with E-state index in [0.717, 1.165) is 22.6 Å². The molecule has 5 heterocycles. The highest BCUT2D eigenvalue weighted by atomic mass is 19.4. The maximum Gasteiger partial charge on any atom is 0.401 e. The number of hydrogen-bond acceptors (Lipinski definition) is 7. The molecule has 7 rings (SSSR count). The first kappa shape index (κ1) is 37.3. The molecular formula is C39H38F6N6O3. The zero-order chi connectivity index (χ0) is 38.2. The van der Waals surface area contributed by atoms with Crippen LogP contribution >= 0.6 is 0 Å². The maximum atomic E-state index is 15.7. The summed E-state index contributed by atoms with van der Waals surface area (Å²) in [5.41, 5.74) is 1.76. The number of aromatic nitrogens is 3. The predicted molar refractivity (Wildman–Crippen MR) is 190 cm³/mol. The van der Waals surface area contributed by atoms with Gasteiger partial charge in [0, 0.05) is 69.2 Å². The van der Waals surface area contributed by atoms with Gasteiger partial charge in [0.05, 0.1) is 24.5 Å². The molecule has 284 valence electrons. The summed E-state index contributed by atoms with van der Waals surface area (Å²) >= 11 is 0. The molecule has 9 nitrogen and oxygen atoms in total. The Morgan fingerprint density at radius 3 is 2.48 bits per heavy atom. The third kappa shape index (κ3) is 8.22. The van der Waals surface area contributed by atoms with Gasteiger partial charge < -0.3 is 19.7 Å². The molecule has 3 aromatic heterocycles. The molecule has 0 unspecified atom stereocenters. The van der Waals surface area contributed by atoms with Gasteiger partial charge >= 0.3 is 6.18 Å². The number of pyridine rings is 2. The van der Waals surface area contributed by atoms with E-state index in [1.807, 2.05) is 18.2 Å². The van der Waals surface area contributed by atoms with Crippen LogP contribution in [0.4, 0.5) is 26.3 Å². The first-order chi connectivity index (χ1) is 25.8. The number of hydrogen-bond donors (Lipinski definition) is 2. The van der Waals surface area contributed by atoms with Crippen molar-refractivity contribution in [3.05, 3.63) is 107 Å². The van der Waals surface area contributed by atoms with Crippen molar-refractivity contribution in [2.24, 2.45) is 0 Å². The molecule has 3 aliphatic rings. The van der Waals surface area contributed by atoms with Gasteiger partial charge in [-0.15, -0.1) is 0 Å². The molecule has 0 spiro atoms. The van der Waals surface area contributed by atoms with Crippen LogP contribution in [0.5, 0.6) is 5.75 Å². The van der Waals surface area contributed by atoms with Crippen LogP contribution in [0.15, 0.2) is 79.0 Å². The molecule has 0 bridgehead atoms. The Bertz CT molecular complexity index is 2120. The van der Waals surface area contributed by atoms with E-state index in [4.69, 9.17) is 4.74 Å². The van der Waals surface area contributed by atoms with Crippen LogP contribution in [0.1, 0.15) is 46.3 Å². The summed E-state index contributed by atoms with van der Waals surface area (Å²) in [6.07, 6.45) is 1.74. The monoisotopic (exact) mass is 752 g/mol. The Labute approximate surface area is 307 Å². The Balaban J connectivity index is 1.06. The van der Waals surface area contributed by atoms with Crippen LogP contribution in [0.2, 0.25) is 0 Å². The molecule has 2 aliphatic heterocycles. The van der Waals surface area contributed by atoms with E-state index < -0.39 is 42.5 Å². The molecule has 1 aliphatic carbocycles. The molecule has 54 heavy (non-hydrogen) atoms. The average Bonchev–Trinajstić information content (AvgIpc) is 3.77. The van der Waals surface area contributed by atoms with E-state index in [0.29, 0.717) is 66.3 Å². The number of nitrogens with one attached hydrogen (secondary N) is 1. The van der Waals surface area contributed by atoms with Gasteiger partial charge in [0.25, 0.3) is 5.91 Å². The number of aliphatic hydroxyl groups excluding tert-OH is 1. The quantitative estimate of drug-likeness (QED) is 0.125. The fourth-order valence-electron chi connectivity index (χ4n) is 6.90. The van der Waals surface area contributed by atoms with Crippen LogP contribution in [-0.4, -0.2) is 99.3 Å². The summed E-state index contributed by atoms with van der Waals surface area (Å²) in [6.45, 7) is 4.91. The van der Waals surface area contributed by atoms with E-state index in [1.165, 1.54) is 17.0 Å². The minimum atomic E-state index is -4.21. The highest BCUT2D eigenvalue weighted by Crippen LogP contribution is 2.51.